The first kappa shape index (κ1) is 21.2. The first-order valence-electron chi connectivity index (χ1n) is 11.0. The number of rotatable bonds is 8. The van der Waals surface area contributed by atoms with Gasteiger partial charge in [0.15, 0.2) is 0 Å². The highest BCUT2D eigenvalue weighted by Gasteiger charge is 2.09. The molecule has 1 heterocycles. The molecular weight excluding hydrogens is 388 g/mol. The molecule has 158 valence electrons. The minimum atomic E-state index is -0.249. The molecule has 1 nitrogen and oxygen atoms in total. The summed E-state index contributed by atoms with van der Waals surface area (Å²) in [5, 5.41) is 1.58. The monoisotopic (exact) mass is 415 g/mol. The Morgan fingerprint density at radius 2 is 1.42 bits per heavy atom. The van der Waals surface area contributed by atoms with Crippen LogP contribution in [0, 0.1) is 11.6 Å². The molecule has 0 atom stereocenters. The standard InChI is InChI=1S/C28H27F2N/c1-2-3-22-8-16-26(31-19-22)15-7-21-9-17-27-24(18-21)12-11-23(28(27)30)10-4-20-5-13-25(29)14-6-20/h5-6,8-9,11-14,16-19H,2-4,7,10,15H2,1H3. The number of aryl methyl sites for hydroxylation is 5. The molecular formula is C28H27F2N. The number of nitrogens with zero attached hydrogens (tertiary/aromatic N) is 1. The third-order valence-electron chi connectivity index (χ3n) is 5.79. The predicted octanol–water partition coefficient (Wildman–Crippen LogP) is 7.04. The molecule has 0 N–H and O–H groups in total. The Labute approximate surface area is 182 Å². The average Bonchev–Trinajstić information content (AvgIpc) is 2.79. The van der Waals surface area contributed by atoms with Crippen LogP contribution in [0.2, 0.25) is 0 Å². The van der Waals surface area contributed by atoms with Crippen LogP contribution in [0.4, 0.5) is 8.78 Å². The van der Waals surface area contributed by atoms with E-state index in [1.165, 1.54) is 23.3 Å². The van der Waals surface area contributed by atoms with Crippen LogP contribution in [0.15, 0.2) is 72.9 Å². The molecule has 0 unspecified atom stereocenters. The highest BCUT2D eigenvalue weighted by atomic mass is 19.1. The van der Waals surface area contributed by atoms with E-state index >= 15 is 4.39 Å². The Hall–Kier alpha value is -3.07. The lowest BCUT2D eigenvalue weighted by Gasteiger charge is -2.09. The maximum absolute atomic E-state index is 15.0. The van der Waals surface area contributed by atoms with Gasteiger partial charge in [-0.3, -0.25) is 4.98 Å². The molecule has 0 aliphatic carbocycles. The van der Waals surface area contributed by atoms with Crippen molar-refractivity contribution in [1.29, 1.82) is 0 Å². The van der Waals surface area contributed by atoms with Crippen LogP contribution < -0.4 is 0 Å². The second kappa shape index (κ2) is 9.82. The van der Waals surface area contributed by atoms with Gasteiger partial charge in [0.2, 0.25) is 0 Å². The molecule has 1 aromatic heterocycles. The first-order chi connectivity index (χ1) is 15.1. The summed E-state index contributed by atoms with van der Waals surface area (Å²) in [5.41, 5.74) is 5.25. The fraction of sp³-hybridized carbons (Fsp3) is 0.250. The van der Waals surface area contributed by atoms with E-state index in [4.69, 9.17) is 0 Å². The van der Waals surface area contributed by atoms with E-state index in [0.717, 1.165) is 42.3 Å². The van der Waals surface area contributed by atoms with Crippen molar-refractivity contribution in [2.45, 2.75) is 45.4 Å². The molecule has 3 aromatic carbocycles. The van der Waals surface area contributed by atoms with Gasteiger partial charge in [-0.1, -0.05) is 61.9 Å². The van der Waals surface area contributed by atoms with Crippen molar-refractivity contribution in [3.63, 3.8) is 0 Å². The van der Waals surface area contributed by atoms with Crippen LogP contribution in [-0.2, 0) is 32.1 Å². The minimum Gasteiger partial charge on any atom is -0.261 e. The quantitative estimate of drug-likeness (QED) is 0.301. The first-order valence-corrected chi connectivity index (χ1v) is 11.0. The van der Waals surface area contributed by atoms with E-state index in [-0.39, 0.29) is 11.6 Å². The zero-order chi connectivity index (χ0) is 21.6. The van der Waals surface area contributed by atoms with E-state index < -0.39 is 0 Å². The van der Waals surface area contributed by atoms with Gasteiger partial charge in [-0.15, -0.1) is 0 Å². The van der Waals surface area contributed by atoms with Crippen molar-refractivity contribution in [2.75, 3.05) is 0 Å². The number of benzene rings is 3. The average molecular weight is 416 g/mol. The molecule has 4 aromatic rings. The van der Waals surface area contributed by atoms with Crippen LogP contribution in [0.3, 0.4) is 0 Å². The summed E-state index contributed by atoms with van der Waals surface area (Å²) >= 11 is 0. The Kier molecular flexibility index (Phi) is 6.71. The predicted molar refractivity (Wildman–Crippen MR) is 123 cm³/mol. The van der Waals surface area contributed by atoms with E-state index in [2.05, 4.69) is 30.1 Å². The lowest BCUT2D eigenvalue weighted by molar-refractivity contribution is 0.619. The van der Waals surface area contributed by atoms with E-state index in [9.17, 15) is 4.39 Å². The largest absolute Gasteiger partial charge is 0.261 e. The minimum absolute atomic E-state index is 0.153. The molecule has 0 saturated heterocycles. The van der Waals surface area contributed by atoms with E-state index in [1.54, 1.807) is 12.1 Å². The van der Waals surface area contributed by atoms with Gasteiger partial charge < -0.3 is 0 Å². The smallest absolute Gasteiger partial charge is 0.134 e. The van der Waals surface area contributed by atoms with Crippen molar-refractivity contribution >= 4 is 10.8 Å². The van der Waals surface area contributed by atoms with Gasteiger partial charge >= 0.3 is 0 Å². The topological polar surface area (TPSA) is 12.9 Å². The molecule has 0 bridgehead atoms. The molecule has 31 heavy (non-hydrogen) atoms. The molecule has 0 spiro atoms. The third-order valence-corrected chi connectivity index (χ3v) is 5.79. The lowest BCUT2D eigenvalue weighted by Crippen LogP contribution is -1.98. The van der Waals surface area contributed by atoms with Crippen LogP contribution in [0.25, 0.3) is 10.8 Å². The highest BCUT2D eigenvalue weighted by Crippen LogP contribution is 2.24. The van der Waals surface area contributed by atoms with Crippen molar-refractivity contribution in [3.05, 3.63) is 113 Å². The molecule has 0 aliphatic rings. The summed E-state index contributed by atoms with van der Waals surface area (Å²) in [7, 11) is 0. The summed E-state index contributed by atoms with van der Waals surface area (Å²) < 4.78 is 28.1. The number of aromatic nitrogens is 1. The van der Waals surface area contributed by atoms with Crippen LogP contribution in [-0.4, -0.2) is 4.98 Å². The normalized spacial score (nSPS) is 11.2. The van der Waals surface area contributed by atoms with Gasteiger partial charge in [0.05, 0.1) is 0 Å². The Balaban J connectivity index is 1.43. The van der Waals surface area contributed by atoms with Crippen LogP contribution in [0.5, 0.6) is 0 Å². The maximum atomic E-state index is 15.0. The second-order valence-electron chi connectivity index (χ2n) is 8.13. The van der Waals surface area contributed by atoms with E-state index in [1.807, 2.05) is 30.5 Å². The Morgan fingerprint density at radius 3 is 2.16 bits per heavy atom. The van der Waals surface area contributed by atoms with Crippen LogP contribution in [0.1, 0.15) is 41.3 Å². The molecule has 0 amide bonds. The Morgan fingerprint density at radius 1 is 0.677 bits per heavy atom. The summed E-state index contributed by atoms with van der Waals surface area (Å²) in [6, 6.07) is 20.5. The Bertz CT molecular complexity index is 1150. The van der Waals surface area contributed by atoms with E-state index in [0.29, 0.717) is 23.8 Å². The fourth-order valence-corrected chi connectivity index (χ4v) is 3.98. The summed E-state index contributed by atoms with van der Waals surface area (Å²) in [6.45, 7) is 2.17. The molecule has 0 fully saturated rings. The van der Waals surface area contributed by atoms with Crippen molar-refractivity contribution in [2.24, 2.45) is 0 Å². The fourth-order valence-electron chi connectivity index (χ4n) is 3.98. The molecule has 0 aliphatic heterocycles. The molecule has 3 heteroatoms. The van der Waals surface area contributed by atoms with Gasteiger partial charge in [-0.05, 0) is 77.9 Å². The second-order valence-corrected chi connectivity index (χ2v) is 8.13. The summed E-state index contributed by atoms with van der Waals surface area (Å²) in [5.74, 6) is -0.403. The SMILES string of the molecule is CCCc1ccc(CCc2ccc3c(F)c(CCc4ccc(F)cc4)ccc3c2)nc1. The van der Waals surface area contributed by atoms with Gasteiger partial charge in [0, 0.05) is 17.3 Å². The number of hydrogen-bond donors (Lipinski definition) is 0. The number of pyridine rings is 1. The van der Waals surface area contributed by atoms with Gasteiger partial charge in [0.1, 0.15) is 11.6 Å². The third kappa shape index (κ3) is 5.35. The van der Waals surface area contributed by atoms with Crippen LogP contribution >= 0.6 is 0 Å². The molecule has 4 rings (SSSR count). The van der Waals surface area contributed by atoms with Crippen molar-refractivity contribution < 1.29 is 8.78 Å². The maximum Gasteiger partial charge on any atom is 0.134 e. The van der Waals surface area contributed by atoms with Gasteiger partial charge in [-0.25, -0.2) is 8.78 Å². The lowest BCUT2D eigenvalue weighted by atomic mass is 9.98. The number of fused-ring (bicyclic) bond motifs is 1. The summed E-state index contributed by atoms with van der Waals surface area (Å²) in [6.07, 6.45) is 7.19. The zero-order valence-corrected chi connectivity index (χ0v) is 17.9. The van der Waals surface area contributed by atoms with Gasteiger partial charge in [0.25, 0.3) is 0 Å². The highest BCUT2D eigenvalue weighted by molar-refractivity contribution is 5.84. The zero-order valence-electron chi connectivity index (χ0n) is 17.9. The molecule has 0 saturated carbocycles. The number of hydrogen-bond acceptors (Lipinski definition) is 1. The number of halogens is 2. The molecule has 0 radical (unpaired) electrons. The van der Waals surface area contributed by atoms with Crippen molar-refractivity contribution in [3.8, 4) is 0 Å². The van der Waals surface area contributed by atoms with Gasteiger partial charge in [-0.2, -0.15) is 0 Å². The van der Waals surface area contributed by atoms with Crippen molar-refractivity contribution in [1.82, 2.24) is 4.98 Å². The summed E-state index contributed by atoms with van der Waals surface area (Å²) in [4.78, 5) is 4.57.